The van der Waals surface area contributed by atoms with E-state index in [0.29, 0.717) is 18.3 Å². The molecule has 2 aromatic carbocycles. The average molecular weight is 412 g/mol. The number of thioether (sulfide) groups is 1. The van der Waals surface area contributed by atoms with Crippen molar-refractivity contribution in [2.24, 2.45) is 0 Å². The number of hydrogen-bond donors (Lipinski definition) is 1. The molecule has 0 radical (unpaired) electrons. The largest absolute Gasteiger partial charge is 0.491 e. The number of aryl methyl sites for hydroxylation is 3. The first-order valence-corrected chi connectivity index (χ1v) is 10.4. The quantitative estimate of drug-likeness (QED) is 0.453. The molecule has 0 unspecified atom stereocenters. The first-order chi connectivity index (χ1) is 14.0. The number of nitrogens with zero attached hydrogens (tertiary/aromatic N) is 4. The molecule has 3 rings (SSSR count). The lowest BCUT2D eigenvalue weighted by atomic mass is 10.1. The number of carbonyl (C=O) groups excluding carboxylic acids is 1. The van der Waals surface area contributed by atoms with Gasteiger partial charge < -0.3 is 10.1 Å². The molecule has 1 N–H and O–H groups in total. The first-order valence-electron chi connectivity index (χ1n) is 9.40. The van der Waals surface area contributed by atoms with Gasteiger partial charge in [0.1, 0.15) is 12.4 Å². The number of hydrogen-bond acceptors (Lipinski definition) is 6. The summed E-state index contributed by atoms with van der Waals surface area (Å²) in [5, 5.41) is 15.3. The van der Waals surface area contributed by atoms with Gasteiger partial charge in [-0.25, -0.2) is 0 Å². The third-order valence-electron chi connectivity index (χ3n) is 4.59. The van der Waals surface area contributed by atoms with Gasteiger partial charge in [0, 0.05) is 0 Å². The fourth-order valence-corrected chi connectivity index (χ4v) is 3.59. The predicted octanol–water partition coefficient (Wildman–Crippen LogP) is 3.18. The van der Waals surface area contributed by atoms with Crippen molar-refractivity contribution in [3.05, 3.63) is 58.7 Å². The van der Waals surface area contributed by atoms with Gasteiger partial charge in [-0.15, -0.1) is 5.10 Å². The molecule has 0 fully saturated rings. The fraction of sp³-hybridized carbons (Fsp3) is 0.333. The molecule has 1 aromatic heterocycles. The van der Waals surface area contributed by atoms with Gasteiger partial charge in [-0.2, -0.15) is 4.68 Å². The Labute approximate surface area is 174 Å². The minimum absolute atomic E-state index is 0.0882. The van der Waals surface area contributed by atoms with E-state index in [0.717, 1.165) is 28.1 Å². The van der Waals surface area contributed by atoms with Gasteiger partial charge in [-0.05, 0) is 66.9 Å². The molecule has 0 saturated carbocycles. The molecule has 0 atom stereocenters. The van der Waals surface area contributed by atoms with Crippen LogP contribution >= 0.6 is 11.8 Å². The summed E-state index contributed by atoms with van der Waals surface area (Å²) in [6.45, 7) is 8.99. The standard InChI is InChI=1S/C21H25N5O2S/c1-14-8-9-19(16(3)12-14)28-11-10-22-20(27)13-29-21-23-24-25-26(21)18-7-5-6-15(2)17(18)4/h5-9,12H,10-11,13H2,1-4H3,(H,22,27). The molecule has 0 aliphatic carbocycles. The molecule has 3 aromatic rings. The van der Waals surface area contributed by atoms with Crippen LogP contribution in [-0.2, 0) is 4.79 Å². The zero-order valence-electron chi connectivity index (χ0n) is 17.1. The molecule has 0 bridgehead atoms. The Morgan fingerprint density at radius 1 is 1.14 bits per heavy atom. The van der Waals surface area contributed by atoms with Crippen molar-refractivity contribution in [2.45, 2.75) is 32.9 Å². The van der Waals surface area contributed by atoms with Gasteiger partial charge in [0.15, 0.2) is 0 Å². The molecular weight excluding hydrogens is 386 g/mol. The van der Waals surface area contributed by atoms with Crippen LogP contribution in [0.15, 0.2) is 41.6 Å². The maximum atomic E-state index is 12.2. The Kier molecular flexibility index (Phi) is 6.87. The normalized spacial score (nSPS) is 10.8. The highest BCUT2D eigenvalue weighted by Crippen LogP contribution is 2.22. The highest BCUT2D eigenvalue weighted by Gasteiger charge is 2.13. The van der Waals surface area contributed by atoms with Gasteiger partial charge >= 0.3 is 0 Å². The van der Waals surface area contributed by atoms with Crippen LogP contribution in [0.3, 0.4) is 0 Å². The van der Waals surface area contributed by atoms with Crippen molar-refractivity contribution in [1.82, 2.24) is 25.5 Å². The third-order valence-corrected chi connectivity index (χ3v) is 5.51. The van der Waals surface area contributed by atoms with E-state index in [1.807, 2.05) is 58.0 Å². The molecule has 1 heterocycles. The Balaban J connectivity index is 1.48. The summed E-state index contributed by atoms with van der Waals surface area (Å²) in [5.74, 6) is 0.982. The van der Waals surface area contributed by atoms with Gasteiger partial charge in [-0.1, -0.05) is 41.6 Å². The molecule has 0 aliphatic heterocycles. The molecule has 0 spiro atoms. The zero-order valence-corrected chi connectivity index (χ0v) is 17.9. The van der Waals surface area contributed by atoms with E-state index in [-0.39, 0.29) is 11.7 Å². The number of rotatable bonds is 8. The summed E-state index contributed by atoms with van der Waals surface area (Å²) in [4.78, 5) is 12.2. The van der Waals surface area contributed by atoms with Crippen molar-refractivity contribution in [1.29, 1.82) is 0 Å². The fourth-order valence-electron chi connectivity index (χ4n) is 2.88. The minimum atomic E-state index is -0.0882. The lowest BCUT2D eigenvalue weighted by Gasteiger charge is -2.11. The molecule has 0 aliphatic rings. The number of aromatic nitrogens is 4. The van der Waals surface area contributed by atoms with Crippen molar-refractivity contribution in [3.63, 3.8) is 0 Å². The summed E-state index contributed by atoms with van der Waals surface area (Å²) in [6.07, 6.45) is 0. The number of carbonyl (C=O) groups is 1. The van der Waals surface area contributed by atoms with E-state index in [1.54, 1.807) is 4.68 Å². The molecule has 152 valence electrons. The van der Waals surface area contributed by atoms with Crippen LogP contribution in [0.4, 0.5) is 0 Å². The van der Waals surface area contributed by atoms with Gasteiger partial charge in [-0.3, -0.25) is 4.79 Å². The molecule has 1 amide bonds. The Morgan fingerprint density at radius 2 is 1.97 bits per heavy atom. The number of amides is 1. The lowest BCUT2D eigenvalue weighted by Crippen LogP contribution is -2.29. The lowest BCUT2D eigenvalue weighted by molar-refractivity contribution is -0.118. The van der Waals surface area contributed by atoms with Gasteiger partial charge in [0.05, 0.1) is 18.0 Å². The van der Waals surface area contributed by atoms with Crippen molar-refractivity contribution in [2.75, 3.05) is 18.9 Å². The van der Waals surface area contributed by atoms with Crippen LogP contribution < -0.4 is 10.1 Å². The number of tetrazole rings is 1. The zero-order chi connectivity index (χ0) is 20.8. The predicted molar refractivity (Wildman–Crippen MR) is 114 cm³/mol. The van der Waals surface area contributed by atoms with Crippen LogP contribution in [0.25, 0.3) is 5.69 Å². The Hall–Kier alpha value is -2.87. The average Bonchev–Trinajstić information content (AvgIpc) is 3.15. The van der Waals surface area contributed by atoms with E-state index in [9.17, 15) is 4.79 Å². The van der Waals surface area contributed by atoms with Gasteiger partial charge in [0.2, 0.25) is 11.1 Å². The second-order valence-corrected chi connectivity index (χ2v) is 7.79. The monoisotopic (exact) mass is 411 g/mol. The summed E-state index contributed by atoms with van der Waals surface area (Å²) < 4.78 is 7.41. The van der Waals surface area contributed by atoms with E-state index < -0.39 is 0 Å². The summed E-state index contributed by atoms with van der Waals surface area (Å²) in [6, 6.07) is 12.0. The molecule has 0 saturated heterocycles. The van der Waals surface area contributed by atoms with E-state index in [1.165, 1.54) is 17.3 Å². The van der Waals surface area contributed by atoms with Crippen LogP contribution in [0.1, 0.15) is 22.3 Å². The molecule has 8 heteroatoms. The Bertz CT molecular complexity index is 1000. The topological polar surface area (TPSA) is 81.9 Å². The molecular formula is C21H25N5O2S. The Morgan fingerprint density at radius 3 is 2.76 bits per heavy atom. The van der Waals surface area contributed by atoms with Crippen LogP contribution in [0, 0.1) is 27.7 Å². The SMILES string of the molecule is Cc1ccc(OCCNC(=O)CSc2nnnn2-c2cccc(C)c2C)c(C)c1. The summed E-state index contributed by atoms with van der Waals surface area (Å²) >= 11 is 1.30. The number of nitrogens with one attached hydrogen (secondary N) is 1. The summed E-state index contributed by atoms with van der Waals surface area (Å²) in [7, 11) is 0. The van der Waals surface area contributed by atoms with Crippen molar-refractivity contribution < 1.29 is 9.53 Å². The van der Waals surface area contributed by atoms with Crippen LogP contribution in [0.2, 0.25) is 0 Å². The smallest absolute Gasteiger partial charge is 0.230 e. The van der Waals surface area contributed by atoms with E-state index >= 15 is 0 Å². The van der Waals surface area contributed by atoms with E-state index in [4.69, 9.17) is 4.74 Å². The maximum absolute atomic E-state index is 12.2. The molecule has 29 heavy (non-hydrogen) atoms. The highest BCUT2D eigenvalue weighted by atomic mass is 32.2. The first kappa shape index (κ1) is 20.9. The van der Waals surface area contributed by atoms with Crippen molar-refractivity contribution in [3.8, 4) is 11.4 Å². The second-order valence-electron chi connectivity index (χ2n) is 6.85. The molecule has 7 nitrogen and oxygen atoms in total. The number of ether oxygens (including phenoxy) is 1. The minimum Gasteiger partial charge on any atom is -0.491 e. The summed E-state index contributed by atoms with van der Waals surface area (Å²) in [5.41, 5.74) is 5.47. The third kappa shape index (κ3) is 5.35. The highest BCUT2D eigenvalue weighted by molar-refractivity contribution is 7.99. The van der Waals surface area contributed by atoms with Crippen LogP contribution in [-0.4, -0.2) is 45.0 Å². The maximum Gasteiger partial charge on any atom is 0.230 e. The van der Waals surface area contributed by atoms with Crippen molar-refractivity contribution >= 4 is 17.7 Å². The van der Waals surface area contributed by atoms with Crippen LogP contribution in [0.5, 0.6) is 5.75 Å². The van der Waals surface area contributed by atoms with Gasteiger partial charge in [0.25, 0.3) is 0 Å². The number of benzene rings is 2. The second kappa shape index (κ2) is 9.56. The van der Waals surface area contributed by atoms with E-state index in [2.05, 4.69) is 26.9 Å².